The molecule has 0 radical (unpaired) electrons. The molecule has 32 heavy (non-hydrogen) atoms. The van der Waals surface area contributed by atoms with Crippen LogP contribution >= 0.6 is 0 Å². The van der Waals surface area contributed by atoms with Crippen molar-refractivity contribution in [1.29, 1.82) is 0 Å². The quantitative estimate of drug-likeness (QED) is 0.484. The van der Waals surface area contributed by atoms with Crippen LogP contribution in [0.5, 0.6) is 5.75 Å². The minimum absolute atomic E-state index is 0.0934. The maximum absolute atomic E-state index is 12.9. The van der Waals surface area contributed by atoms with Crippen LogP contribution in [0.25, 0.3) is 11.3 Å². The van der Waals surface area contributed by atoms with Crippen LogP contribution in [-0.4, -0.2) is 32.2 Å². The molecule has 0 saturated carbocycles. The summed E-state index contributed by atoms with van der Waals surface area (Å²) < 4.78 is 8.43. The number of aromatic nitrogens is 4. The van der Waals surface area contributed by atoms with Crippen molar-refractivity contribution in [2.24, 2.45) is 0 Å². The number of fused-ring (bicyclic) bond motifs is 1. The molecule has 2 aromatic carbocycles. The van der Waals surface area contributed by atoms with Crippen LogP contribution in [0.4, 0.5) is 5.69 Å². The molecule has 0 fully saturated rings. The third kappa shape index (κ3) is 4.39. The number of hydrogen-bond acceptors (Lipinski definition) is 5. The molecule has 0 aliphatic carbocycles. The Hall–Kier alpha value is -3.94. The normalized spacial score (nSPS) is 11.0. The molecular formula is C24H25N5O3. The third-order valence-electron chi connectivity index (χ3n) is 5.47. The Morgan fingerprint density at radius 2 is 1.91 bits per heavy atom. The van der Waals surface area contributed by atoms with Gasteiger partial charge in [-0.25, -0.2) is 0 Å². The Morgan fingerprint density at radius 1 is 1.06 bits per heavy atom. The minimum atomic E-state index is -0.231. The Balaban J connectivity index is 1.44. The average molecular weight is 431 g/mol. The van der Waals surface area contributed by atoms with Gasteiger partial charge in [0.05, 0.1) is 7.11 Å². The summed E-state index contributed by atoms with van der Waals surface area (Å²) >= 11 is 0. The van der Waals surface area contributed by atoms with Gasteiger partial charge in [-0.3, -0.25) is 18.6 Å². The molecule has 164 valence electrons. The van der Waals surface area contributed by atoms with Gasteiger partial charge in [0.15, 0.2) is 0 Å². The number of hydrogen-bond donors (Lipinski definition) is 1. The van der Waals surface area contributed by atoms with Gasteiger partial charge in [0.25, 0.3) is 0 Å². The Morgan fingerprint density at radius 3 is 2.69 bits per heavy atom. The molecule has 0 saturated heterocycles. The number of carbonyl (C=O) groups is 1. The van der Waals surface area contributed by atoms with Gasteiger partial charge < -0.3 is 10.1 Å². The van der Waals surface area contributed by atoms with E-state index in [1.54, 1.807) is 34.5 Å². The molecular weight excluding hydrogens is 406 g/mol. The fraction of sp³-hybridized carbons (Fsp3) is 0.250. The largest absolute Gasteiger partial charge is 0.497 e. The molecule has 2 heterocycles. The molecule has 8 nitrogen and oxygen atoms in total. The fourth-order valence-corrected chi connectivity index (χ4v) is 3.52. The molecule has 1 N–H and O–H groups in total. The first-order valence-electron chi connectivity index (χ1n) is 10.4. The molecule has 4 rings (SSSR count). The lowest BCUT2D eigenvalue weighted by Gasteiger charge is -2.09. The van der Waals surface area contributed by atoms with E-state index in [2.05, 4.69) is 15.5 Å². The van der Waals surface area contributed by atoms with Gasteiger partial charge in [-0.2, -0.15) is 0 Å². The smallest absolute Gasteiger partial charge is 0.300 e. The van der Waals surface area contributed by atoms with Crippen molar-refractivity contribution < 1.29 is 9.53 Å². The van der Waals surface area contributed by atoms with E-state index in [1.165, 1.54) is 5.56 Å². The van der Waals surface area contributed by atoms with Gasteiger partial charge in [-0.05, 0) is 55.7 Å². The van der Waals surface area contributed by atoms with E-state index in [9.17, 15) is 9.59 Å². The second-order valence-electron chi connectivity index (χ2n) is 7.69. The number of methoxy groups -OCH3 is 1. The summed E-state index contributed by atoms with van der Waals surface area (Å²) in [5.74, 6) is 1.24. The molecule has 0 spiro atoms. The standard InChI is InChI=1S/C24H25N5O3/c1-16-10-11-19(14-17(16)2)28-12-13-29-21(26-27-23(29)24(28)31)8-5-9-22(30)25-18-6-4-7-20(15-18)32-3/h4,6-7,10-15H,5,8-9H2,1-3H3,(H,25,30). The number of benzene rings is 2. The van der Waals surface area contributed by atoms with Crippen LogP contribution in [-0.2, 0) is 11.2 Å². The van der Waals surface area contributed by atoms with Crippen molar-refractivity contribution in [2.75, 3.05) is 12.4 Å². The predicted octanol–water partition coefficient (Wildman–Crippen LogP) is 3.47. The van der Waals surface area contributed by atoms with E-state index in [0.29, 0.717) is 36.5 Å². The summed E-state index contributed by atoms with van der Waals surface area (Å²) in [7, 11) is 1.58. The summed E-state index contributed by atoms with van der Waals surface area (Å²) in [5, 5.41) is 11.1. The van der Waals surface area contributed by atoms with Gasteiger partial charge in [-0.15, -0.1) is 10.2 Å². The first-order chi connectivity index (χ1) is 15.5. The molecule has 0 unspecified atom stereocenters. The molecule has 4 aromatic rings. The first-order valence-corrected chi connectivity index (χ1v) is 10.4. The number of nitrogens with one attached hydrogen (secondary N) is 1. The maximum Gasteiger partial charge on any atom is 0.300 e. The molecule has 0 aliphatic heterocycles. The minimum Gasteiger partial charge on any atom is -0.497 e. The molecule has 0 bridgehead atoms. The lowest BCUT2D eigenvalue weighted by Crippen LogP contribution is -2.20. The lowest BCUT2D eigenvalue weighted by molar-refractivity contribution is -0.116. The van der Waals surface area contributed by atoms with Crippen molar-refractivity contribution in [3.05, 3.63) is 82.2 Å². The van der Waals surface area contributed by atoms with E-state index in [-0.39, 0.29) is 17.1 Å². The summed E-state index contributed by atoms with van der Waals surface area (Å²) in [6.07, 6.45) is 4.95. The highest BCUT2D eigenvalue weighted by atomic mass is 16.5. The highest BCUT2D eigenvalue weighted by molar-refractivity contribution is 5.90. The van der Waals surface area contributed by atoms with Crippen LogP contribution in [0.1, 0.15) is 29.8 Å². The monoisotopic (exact) mass is 431 g/mol. The number of rotatable bonds is 7. The number of anilines is 1. The summed E-state index contributed by atoms with van der Waals surface area (Å²) in [6, 6.07) is 13.1. The highest BCUT2D eigenvalue weighted by Crippen LogP contribution is 2.17. The highest BCUT2D eigenvalue weighted by Gasteiger charge is 2.13. The molecule has 0 atom stereocenters. The predicted molar refractivity (Wildman–Crippen MR) is 123 cm³/mol. The van der Waals surface area contributed by atoms with Crippen LogP contribution in [0.2, 0.25) is 0 Å². The number of carbonyl (C=O) groups excluding carboxylic acids is 1. The third-order valence-corrected chi connectivity index (χ3v) is 5.47. The van der Waals surface area contributed by atoms with Crippen molar-refractivity contribution in [1.82, 2.24) is 19.2 Å². The average Bonchev–Trinajstić information content (AvgIpc) is 3.20. The van der Waals surface area contributed by atoms with Crippen molar-refractivity contribution >= 4 is 17.2 Å². The molecule has 8 heteroatoms. The van der Waals surface area contributed by atoms with Gasteiger partial charge in [-0.1, -0.05) is 12.1 Å². The zero-order chi connectivity index (χ0) is 22.7. The molecule has 0 aliphatic rings. The Labute approximate surface area is 185 Å². The Kier molecular flexibility index (Phi) is 6.02. The van der Waals surface area contributed by atoms with E-state index >= 15 is 0 Å². The van der Waals surface area contributed by atoms with E-state index in [4.69, 9.17) is 4.74 Å². The van der Waals surface area contributed by atoms with Gasteiger partial charge in [0.1, 0.15) is 11.6 Å². The van der Waals surface area contributed by atoms with Crippen LogP contribution in [0, 0.1) is 13.8 Å². The van der Waals surface area contributed by atoms with Crippen molar-refractivity contribution in [3.63, 3.8) is 0 Å². The van der Waals surface area contributed by atoms with Crippen molar-refractivity contribution in [3.8, 4) is 11.4 Å². The van der Waals surface area contributed by atoms with Gasteiger partial charge >= 0.3 is 5.56 Å². The summed E-state index contributed by atoms with van der Waals surface area (Å²) in [6.45, 7) is 4.05. The second kappa shape index (κ2) is 9.05. The maximum atomic E-state index is 12.9. The van der Waals surface area contributed by atoms with Crippen LogP contribution in [0.3, 0.4) is 0 Å². The fourth-order valence-electron chi connectivity index (χ4n) is 3.52. The van der Waals surface area contributed by atoms with Gasteiger partial charge in [0, 0.05) is 42.7 Å². The van der Waals surface area contributed by atoms with Crippen molar-refractivity contribution in [2.45, 2.75) is 33.1 Å². The van der Waals surface area contributed by atoms with Gasteiger partial charge in [0.2, 0.25) is 11.6 Å². The lowest BCUT2D eigenvalue weighted by atomic mass is 10.1. The summed E-state index contributed by atoms with van der Waals surface area (Å²) in [4.78, 5) is 25.2. The van der Waals surface area contributed by atoms with Crippen LogP contribution < -0.4 is 15.6 Å². The number of aryl methyl sites for hydroxylation is 3. The SMILES string of the molecule is COc1cccc(NC(=O)CCCc2nnc3c(=O)n(-c4ccc(C)c(C)c4)ccn23)c1. The number of ether oxygens (including phenoxy) is 1. The zero-order valence-corrected chi connectivity index (χ0v) is 18.3. The zero-order valence-electron chi connectivity index (χ0n) is 18.3. The summed E-state index contributed by atoms with van der Waals surface area (Å²) in [5.41, 5.74) is 3.80. The topological polar surface area (TPSA) is 90.5 Å². The van der Waals surface area contributed by atoms with E-state index < -0.39 is 0 Å². The number of nitrogens with zero attached hydrogens (tertiary/aromatic N) is 4. The van der Waals surface area contributed by atoms with Crippen LogP contribution in [0.15, 0.2) is 59.7 Å². The molecule has 2 aromatic heterocycles. The Bertz CT molecular complexity index is 1340. The second-order valence-corrected chi connectivity index (χ2v) is 7.69. The number of amides is 1. The first kappa shape index (κ1) is 21.3. The van der Waals surface area contributed by atoms with E-state index in [0.717, 1.165) is 11.3 Å². The van der Waals surface area contributed by atoms with E-state index in [1.807, 2.05) is 50.2 Å². The molecule has 1 amide bonds.